The highest BCUT2D eigenvalue weighted by Crippen LogP contribution is 2.33. The zero-order chi connectivity index (χ0) is 14.6. The van der Waals surface area contributed by atoms with Crippen LogP contribution in [0.2, 0.25) is 0 Å². The van der Waals surface area contributed by atoms with Gasteiger partial charge < -0.3 is 5.32 Å². The molecule has 0 bridgehead atoms. The van der Waals surface area contributed by atoms with E-state index in [4.69, 9.17) is 11.6 Å². The molecule has 0 amide bonds. The molecule has 0 saturated carbocycles. The van der Waals surface area contributed by atoms with Crippen LogP contribution in [0.15, 0.2) is 41.9 Å². The lowest BCUT2D eigenvalue weighted by molar-refractivity contribution is 0.0267. The molecule has 1 aromatic carbocycles. The first kappa shape index (κ1) is 15.6. The highest BCUT2D eigenvalue weighted by atomic mass is 35.5. The Labute approximate surface area is 127 Å². The van der Waals surface area contributed by atoms with Crippen LogP contribution in [0.1, 0.15) is 32.8 Å². The van der Waals surface area contributed by atoms with E-state index in [-0.39, 0.29) is 11.1 Å². The molecule has 1 aromatic rings. The molecular weight excluding hydrogens is 268 g/mol. The van der Waals surface area contributed by atoms with Gasteiger partial charge in [0.05, 0.1) is 5.54 Å². The monoisotopic (exact) mass is 292 g/mol. The number of hydrogen-bond donors (Lipinski definition) is 1. The zero-order valence-corrected chi connectivity index (χ0v) is 13.5. The lowest BCUT2D eigenvalue weighted by Crippen LogP contribution is -2.66. The van der Waals surface area contributed by atoms with E-state index < -0.39 is 0 Å². The molecule has 1 N–H and O–H groups in total. The molecule has 2 rings (SSSR count). The van der Waals surface area contributed by atoms with Crippen LogP contribution in [0.3, 0.4) is 0 Å². The van der Waals surface area contributed by atoms with Crippen molar-refractivity contribution in [2.24, 2.45) is 0 Å². The number of nitrogens with one attached hydrogen (secondary N) is 1. The molecule has 1 fully saturated rings. The summed E-state index contributed by atoms with van der Waals surface area (Å²) in [6, 6.07) is 10.7. The molecule has 110 valence electrons. The Balaban J connectivity index is 2.30. The maximum Gasteiger partial charge on any atom is 0.0561 e. The predicted molar refractivity (Wildman–Crippen MR) is 87.1 cm³/mol. The molecule has 1 aliphatic heterocycles. The third-order valence-corrected chi connectivity index (χ3v) is 4.87. The third-order valence-electron chi connectivity index (χ3n) is 4.69. The van der Waals surface area contributed by atoms with Crippen molar-refractivity contribution in [1.82, 2.24) is 10.2 Å². The summed E-state index contributed by atoms with van der Waals surface area (Å²) in [5.74, 6) is 0. The molecule has 2 atom stereocenters. The van der Waals surface area contributed by atoms with Crippen molar-refractivity contribution in [2.45, 2.75) is 38.3 Å². The third kappa shape index (κ3) is 3.08. The summed E-state index contributed by atoms with van der Waals surface area (Å²) in [7, 11) is 0. The maximum atomic E-state index is 5.74. The fraction of sp³-hybridized carbons (Fsp3) is 0.529. The van der Waals surface area contributed by atoms with E-state index in [0.29, 0.717) is 0 Å². The van der Waals surface area contributed by atoms with E-state index >= 15 is 0 Å². The SMILES string of the molecule is CCC1(C)CN(C/C=C/Cl)C(C)(c2ccccc2)CN1. The van der Waals surface area contributed by atoms with Crippen LogP contribution < -0.4 is 5.32 Å². The van der Waals surface area contributed by atoms with Crippen LogP contribution in [0.4, 0.5) is 0 Å². The Kier molecular flexibility index (Phi) is 4.90. The van der Waals surface area contributed by atoms with Crippen LogP contribution in [-0.4, -0.2) is 30.1 Å². The summed E-state index contributed by atoms with van der Waals surface area (Å²) < 4.78 is 0. The van der Waals surface area contributed by atoms with Crippen LogP contribution in [-0.2, 0) is 5.54 Å². The summed E-state index contributed by atoms with van der Waals surface area (Å²) in [5.41, 5.74) is 3.16. The molecule has 1 saturated heterocycles. The Morgan fingerprint density at radius 1 is 1.30 bits per heavy atom. The number of hydrogen-bond acceptors (Lipinski definition) is 2. The fourth-order valence-electron chi connectivity index (χ4n) is 2.90. The van der Waals surface area contributed by atoms with Crippen molar-refractivity contribution >= 4 is 11.6 Å². The minimum absolute atomic E-state index is 0.00629. The Morgan fingerprint density at radius 2 is 2.00 bits per heavy atom. The molecule has 3 heteroatoms. The average molecular weight is 293 g/mol. The van der Waals surface area contributed by atoms with E-state index in [1.54, 1.807) is 5.54 Å². The first-order valence-corrected chi connectivity index (χ1v) is 7.78. The van der Waals surface area contributed by atoms with Gasteiger partial charge in [-0.2, -0.15) is 0 Å². The van der Waals surface area contributed by atoms with Gasteiger partial charge in [-0.1, -0.05) is 54.9 Å². The van der Waals surface area contributed by atoms with Gasteiger partial charge in [0.25, 0.3) is 0 Å². The largest absolute Gasteiger partial charge is 0.308 e. The van der Waals surface area contributed by atoms with E-state index in [2.05, 4.69) is 61.3 Å². The number of piperazine rings is 1. The van der Waals surface area contributed by atoms with E-state index in [1.807, 2.05) is 6.08 Å². The average Bonchev–Trinajstić information content (AvgIpc) is 2.49. The molecule has 0 aromatic heterocycles. The smallest absolute Gasteiger partial charge is 0.0561 e. The van der Waals surface area contributed by atoms with Gasteiger partial charge in [-0.25, -0.2) is 0 Å². The highest BCUT2D eigenvalue weighted by molar-refractivity contribution is 6.25. The first-order valence-electron chi connectivity index (χ1n) is 7.35. The minimum Gasteiger partial charge on any atom is -0.308 e. The molecule has 20 heavy (non-hydrogen) atoms. The number of rotatable bonds is 4. The second-order valence-electron chi connectivity index (χ2n) is 6.15. The van der Waals surface area contributed by atoms with Crippen molar-refractivity contribution < 1.29 is 0 Å². The van der Waals surface area contributed by atoms with Gasteiger partial charge in [0.15, 0.2) is 0 Å². The molecule has 1 aliphatic rings. The predicted octanol–water partition coefficient (Wildman–Crippen LogP) is 3.73. The summed E-state index contributed by atoms with van der Waals surface area (Å²) >= 11 is 5.74. The van der Waals surface area contributed by atoms with Crippen LogP contribution >= 0.6 is 11.6 Å². The normalized spacial score (nSPS) is 31.8. The molecule has 2 unspecified atom stereocenters. The minimum atomic E-state index is 0.00629. The number of benzene rings is 1. The molecular formula is C17H25ClN2. The zero-order valence-electron chi connectivity index (χ0n) is 12.7. The van der Waals surface area contributed by atoms with Gasteiger partial charge in [0.1, 0.15) is 0 Å². The van der Waals surface area contributed by atoms with Crippen molar-refractivity contribution in [3.8, 4) is 0 Å². The second kappa shape index (κ2) is 6.30. The lowest BCUT2D eigenvalue weighted by atomic mass is 9.82. The van der Waals surface area contributed by atoms with Crippen molar-refractivity contribution in [3.05, 3.63) is 47.5 Å². The summed E-state index contributed by atoms with van der Waals surface area (Å²) in [4.78, 5) is 2.53. The topological polar surface area (TPSA) is 15.3 Å². The quantitative estimate of drug-likeness (QED) is 0.910. The lowest BCUT2D eigenvalue weighted by Gasteiger charge is -2.52. The van der Waals surface area contributed by atoms with Crippen LogP contribution in [0.25, 0.3) is 0 Å². The van der Waals surface area contributed by atoms with Gasteiger partial charge in [0.2, 0.25) is 0 Å². The maximum absolute atomic E-state index is 5.74. The van der Waals surface area contributed by atoms with Gasteiger partial charge in [-0.15, -0.1) is 0 Å². The molecule has 1 heterocycles. The second-order valence-corrected chi connectivity index (χ2v) is 6.40. The van der Waals surface area contributed by atoms with Gasteiger partial charge in [0, 0.05) is 30.7 Å². The van der Waals surface area contributed by atoms with Crippen LogP contribution in [0.5, 0.6) is 0 Å². The van der Waals surface area contributed by atoms with E-state index in [1.165, 1.54) is 5.56 Å². The number of nitrogens with zero attached hydrogens (tertiary/aromatic N) is 1. The molecule has 0 aliphatic carbocycles. The molecule has 0 radical (unpaired) electrons. The fourth-order valence-corrected chi connectivity index (χ4v) is 2.98. The Morgan fingerprint density at radius 3 is 2.60 bits per heavy atom. The Bertz CT molecular complexity index is 459. The van der Waals surface area contributed by atoms with Gasteiger partial charge in [-0.3, -0.25) is 4.90 Å². The van der Waals surface area contributed by atoms with Crippen molar-refractivity contribution in [2.75, 3.05) is 19.6 Å². The molecule has 0 spiro atoms. The molecule has 2 nitrogen and oxygen atoms in total. The van der Waals surface area contributed by atoms with Gasteiger partial charge in [-0.05, 0) is 25.8 Å². The summed E-state index contributed by atoms with van der Waals surface area (Å²) in [6.45, 7) is 9.72. The van der Waals surface area contributed by atoms with Crippen molar-refractivity contribution in [3.63, 3.8) is 0 Å². The summed E-state index contributed by atoms with van der Waals surface area (Å²) in [5, 5.41) is 3.74. The summed E-state index contributed by atoms with van der Waals surface area (Å²) in [6.07, 6.45) is 3.16. The first-order chi connectivity index (χ1) is 9.54. The standard InChI is InChI=1S/C17H25ClN2/c1-4-16(2)14-20(12-8-11-18)17(3,13-19-16)15-9-6-5-7-10-15/h5-11,19H,4,12-14H2,1-3H3/b11-8+. The number of halogens is 1. The highest BCUT2D eigenvalue weighted by Gasteiger charge is 2.42. The van der Waals surface area contributed by atoms with Crippen molar-refractivity contribution in [1.29, 1.82) is 0 Å². The van der Waals surface area contributed by atoms with E-state index in [0.717, 1.165) is 26.1 Å². The van der Waals surface area contributed by atoms with Crippen LogP contribution in [0, 0.1) is 0 Å². The van der Waals surface area contributed by atoms with Gasteiger partial charge >= 0.3 is 0 Å². The Hall–Kier alpha value is -0.830. The van der Waals surface area contributed by atoms with E-state index in [9.17, 15) is 0 Å².